The molecule has 92 valence electrons. The molecule has 0 aliphatic carbocycles. The highest BCUT2D eigenvalue weighted by atomic mass is 16.3. The molecule has 0 amide bonds. The maximum atomic E-state index is 10.3. The highest BCUT2D eigenvalue weighted by Crippen LogP contribution is 2.23. The zero-order chi connectivity index (χ0) is 12.5. The van der Waals surface area contributed by atoms with Crippen molar-refractivity contribution in [2.75, 3.05) is 13.6 Å². The molecule has 0 aliphatic rings. The van der Waals surface area contributed by atoms with E-state index >= 15 is 0 Å². The van der Waals surface area contributed by atoms with Crippen molar-refractivity contribution in [1.82, 2.24) is 15.3 Å². The minimum absolute atomic E-state index is 0.521. The molecule has 1 aromatic heterocycles. The van der Waals surface area contributed by atoms with E-state index < -0.39 is 5.60 Å². The summed E-state index contributed by atoms with van der Waals surface area (Å²) >= 11 is 0. The molecular formula is C13H19N3O. The molecule has 0 radical (unpaired) electrons. The first-order chi connectivity index (χ1) is 8.06. The number of aromatic amines is 1. The fourth-order valence-electron chi connectivity index (χ4n) is 2.01. The van der Waals surface area contributed by atoms with Gasteiger partial charge in [-0.3, -0.25) is 0 Å². The van der Waals surface area contributed by atoms with Crippen molar-refractivity contribution in [1.29, 1.82) is 0 Å². The molecule has 4 heteroatoms. The highest BCUT2D eigenvalue weighted by molar-refractivity contribution is 5.76. The third-order valence-electron chi connectivity index (χ3n) is 3.01. The fraction of sp³-hybridized carbons (Fsp3) is 0.462. The number of aryl methyl sites for hydroxylation is 1. The van der Waals surface area contributed by atoms with E-state index in [1.807, 2.05) is 32.2 Å². The van der Waals surface area contributed by atoms with Gasteiger partial charge in [0.15, 0.2) is 0 Å². The number of rotatable bonds is 4. The van der Waals surface area contributed by atoms with Gasteiger partial charge in [0.1, 0.15) is 5.82 Å². The van der Waals surface area contributed by atoms with E-state index in [1.54, 1.807) is 0 Å². The number of likely N-dealkylation sites (N-methyl/N-ethyl adjacent to an activating group) is 1. The van der Waals surface area contributed by atoms with E-state index in [9.17, 15) is 5.11 Å². The van der Waals surface area contributed by atoms with Crippen LogP contribution < -0.4 is 5.32 Å². The Morgan fingerprint density at radius 2 is 2.24 bits per heavy atom. The van der Waals surface area contributed by atoms with Crippen LogP contribution in [-0.2, 0) is 12.0 Å². The Bertz CT molecular complexity index is 516. The van der Waals surface area contributed by atoms with Crippen molar-refractivity contribution in [3.63, 3.8) is 0 Å². The average Bonchev–Trinajstić information content (AvgIpc) is 2.70. The molecule has 1 heterocycles. The first-order valence-corrected chi connectivity index (χ1v) is 5.93. The van der Waals surface area contributed by atoms with E-state index in [4.69, 9.17) is 0 Å². The predicted molar refractivity (Wildman–Crippen MR) is 69.0 cm³/mol. The Morgan fingerprint density at radius 3 is 2.88 bits per heavy atom. The van der Waals surface area contributed by atoms with E-state index in [0.29, 0.717) is 6.54 Å². The third kappa shape index (κ3) is 2.33. The molecule has 0 aliphatic heterocycles. The van der Waals surface area contributed by atoms with Crippen LogP contribution in [0.25, 0.3) is 11.0 Å². The van der Waals surface area contributed by atoms with Gasteiger partial charge in [-0.2, -0.15) is 0 Å². The molecule has 17 heavy (non-hydrogen) atoms. The quantitative estimate of drug-likeness (QED) is 0.751. The van der Waals surface area contributed by atoms with Gasteiger partial charge in [0, 0.05) is 13.0 Å². The summed E-state index contributed by atoms with van der Waals surface area (Å²) in [6.45, 7) is 4.39. The summed E-state index contributed by atoms with van der Waals surface area (Å²) in [4.78, 5) is 7.70. The molecule has 0 saturated carbocycles. The Kier molecular flexibility index (Phi) is 3.17. The van der Waals surface area contributed by atoms with Crippen LogP contribution in [0.1, 0.15) is 25.2 Å². The van der Waals surface area contributed by atoms with E-state index in [2.05, 4.69) is 22.2 Å². The minimum Gasteiger partial charge on any atom is -0.384 e. The summed E-state index contributed by atoms with van der Waals surface area (Å²) in [5, 5.41) is 13.3. The van der Waals surface area contributed by atoms with E-state index in [0.717, 1.165) is 28.8 Å². The summed E-state index contributed by atoms with van der Waals surface area (Å²) in [6.07, 6.45) is 0.886. The average molecular weight is 233 g/mol. The first kappa shape index (κ1) is 12.1. The zero-order valence-corrected chi connectivity index (χ0v) is 10.5. The molecule has 2 rings (SSSR count). The van der Waals surface area contributed by atoms with Crippen LogP contribution in [0.15, 0.2) is 18.2 Å². The second kappa shape index (κ2) is 4.47. The van der Waals surface area contributed by atoms with Crippen molar-refractivity contribution in [3.05, 3.63) is 29.6 Å². The van der Waals surface area contributed by atoms with Gasteiger partial charge in [-0.25, -0.2) is 4.98 Å². The van der Waals surface area contributed by atoms with Gasteiger partial charge in [-0.05, 0) is 31.7 Å². The monoisotopic (exact) mass is 233 g/mol. The SMILES string of the molecule is CCc1nc2ccc(C(C)(O)CNC)cc2[nH]1. The summed E-state index contributed by atoms with van der Waals surface area (Å²) in [5.74, 6) is 0.977. The lowest BCUT2D eigenvalue weighted by Crippen LogP contribution is -2.33. The Labute approximate surface area is 101 Å². The summed E-state index contributed by atoms with van der Waals surface area (Å²) in [7, 11) is 1.83. The van der Waals surface area contributed by atoms with Crippen LogP contribution in [-0.4, -0.2) is 28.7 Å². The predicted octanol–water partition coefficient (Wildman–Crippen LogP) is 1.55. The smallest absolute Gasteiger partial charge is 0.106 e. The zero-order valence-electron chi connectivity index (χ0n) is 10.5. The van der Waals surface area contributed by atoms with Gasteiger partial charge in [-0.1, -0.05) is 13.0 Å². The fourth-order valence-corrected chi connectivity index (χ4v) is 2.01. The summed E-state index contributed by atoms with van der Waals surface area (Å²) < 4.78 is 0. The molecule has 1 aromatic carbocycles. The molecule has 1 unspecified atom stereocenters. The van der Waals surface area contributed by atoms with Crippen LogP contribution in [0.2, 0.25) is 0 Å². The number of fused-ring (bicyclic) bond motifs is 1. The normalized spacial score (nSPS) is 15.1. The Morgan fingerprint density at radius 1 is 1.47 bits per heavy atom. The largest absolute Gasteiger partial charge is 0.384 e. The third-order valence-corrected chi connectivity index (χ3v) is 3.01. The maximum absolute atomic E-state index is 10.3. The van der Waals surface area contributed by atoms with Crippen LogP contribution in [0.4, 0.5) is 0 Å². The second-order valence-electron chi connectivity index (χ2n) is 4.57. The number of aromatic nitrogens is 2. The highest BCUT2D eigenvalue weighted by Gasteiger charge is 2.22. The van der Waals surface area contributed by atoms with Crippen LogP contribution >= 0.6 is 0 Å². The minimum atomic E-state index is -0.861. The van der Waals surface area contributed by atoms with Crippen LogP contribution in [0, 0.1) is 0 Å². The van der Waals surface area contributed by atoms with E-state index in [1.165, 1.54) is 0 Å². The molecular weight excluding hydrogens is 214 g/mol. The van der Waals surface area contributed by atoms with Gasteiger partial charge in [-0.15, -0.1) is 0 Å². The number of nitrogens with one attached hydrogen (secondary N) is 2. The van der Waals surface area contributed by atoms with Crippen molar-refractivity contribution in [3.8, 4) is 0 Å². The molecule has 1 atom stereocenters. The molecule has 0 saturated heterocycles. The van der Waals surface area contributed by atoms with Gasteiger partial charge >= 0.3 is 0 Å². The number of H-pyrrole nitrogens is 1. The van der Waals surface area contributed by atoms with Crippen molar-refractivity contribution >= 4 is 11.0 Å². The second-order valence-corrected chi connectivity index (χ2v) is 4.57. The van der Waals surface area contributed by atoms with Gasteiger partial charge in [0.2, 0.25) is 0 Å². The van der Waals surface area contributed by atoms with Gasteiger partial charge in [0.25, 0.3) is 0 Å². The standard InChI is InChI=1S/C13H19N3O/c1-4-12-15-10-6-5-9(7-11(10)16-12)13(2,17)8-14-3/h5-7,14,17H,4,8H2,1-3H3,(H,15,16). The summed E-state index contributed by atoms with van der Waals surface area (Å²) in [5.41, 5.74) is 1.97. The number of hydrogen-bond donors (Lipinski definition) is 3. The number of aliphatic hydroxyl groups is 1. The first-order valence-electron chi connectivity index (χ1n) is 5.93. The Hall–Kier alpha value is -1.39. The molecule has 0 bridgehead atoms. The Balaban J connectivity index is 2.43. The number of imidazole rings is 1. The summed E-state index contributed by atoms with van der Waals surface area (Å²) in [6, 6.07) is 5.85. The van der Waals surface area contributed by atoms with Crippen molar-refractivity contribution in [2.45, 2.75) is 25.9 Å². The van der Waals surface area contributed by atoms with Crippen LogP contribution in [0.3, 0.4) is 0 Å². The topological polar surface area (TPSA) is 60.9 Å². The maximum Gasteiger partial charge on any atom is 0.106 e. The lowest BCUT2D eigenvalue weighted by Gasteiger charge is -2.23. The lowest BCUT2D eigenvalue weighted by atomic mass is 9.96. The number of benzene rings is 1. The van der Waals surface area contributed by atoms with E-state index in [-0.39, 0.29) is 0 Å². The van der Waals surface area contributed by atoms with Gasteiger partial charge in [0.05, 0.1) is 16.6 Å². The molecule has 4 nitrogen and oxygen atoms in total. The van der Waals surface area contributed by atoms with Crippen molar-refractivity contribution in [2.24, 2.45) is 0 Å². The number of nitrogens with zero attached hydrogens (tertiary/aromatic N) is 1. The molecule has 2 aromatic rings. The molecule has 0 fully saturated rings. The number of hydrogen-bond acceptors (Lipinski definition) is 3. The molecule has 0 spiro atoms. The van der Waals surface area contributed by atoms with Crippen LogP contribution in [0.5, 0.6) is 0 Å². The van der Waals surface area contributed by atoms with Crippen molar-refractivity contribution < 1.29 is 5.11 Å². The van der Waals surface area contributed by atoms with Gasteiger partial charge < -0.3 is 15.4 Å². The lowest BCUT2D eigenvalue weighted by molar-refractivity contribution is 0.0593. The molecule has 3 N–H and O–H groups in total.